The number of nitrogens with one attached hydrogen (secondary N) is 3. The highest BCUT2D eigenvalue weighted by Gasteiger charge is 2.13. The smallest absolute Gasteiger partial charge is 0.240 e. The van der Waals surface area contributed by atoms with Crippen LogP contribution >= 0.6 is 11.6 Å². The lowest BCUT2D eigenvalue weighted by Gasteiger charge is -2.12. The highest BCUT2D eigenvalue weighted by atomic mass is 35.5. The van der Waals surface area contributed by atoms with Crippen molar-refractivity contribution >= 4 is 27.6 Å². The first kappa shape index (κ1) is 23.2. The van der Waals surface area contributed by atoms with Crippen LogP contribution in [-0.4, -0.2) is 47.2 Å². The maximum Gasteiger partial charge on any atom is 0.240 e. The van der Waals surface area contributed by atoms with Crippen molar-refractivity contribution in [1.82, 2.24) is 15.4 Å². The molecule has 0 aliphatic carbocycles. The van der Waals surface area contributed by atoms with Gasteiger partial charge in [-0.05, 0) is 43.7 Å². The largest absolute Gasteiger partial charge is 0.467 e. The molecule has 2 aromatic rings. The number of furan rings is 1. The Hall–Kier alpha value is -2.07. The molecule has 1 aromatic carbocycles. The molecule has 160 valence electrons. The van der Waals surface area contributed by atoms with Gasteiger partial charge in [0.2, 0.25) is 10.0 Å². The first-order valence-electron chi connectivity index (χ1n) is 9.39. The van der Waals surface area contributed by atoms with E-state index < -0.39 is 10.0 Å². The average Bonchev–Trinajstić information content (AvgIpc) is 3.21. The van der Waals surface area contributed by atoms with Crippen LogP contribution in [0.3, 0.4) is 0 Å². The molecule has 0 aliphatic rings. The van der Waals surface area contributed by atoms with Crippen LogP contribution in [0.4, 0.5) is 0 Å². The normalized spacial score (nSPS) is 12.1. The minimum absolute atomic E-state index is 0.139. The zero-order chi connectivity index (χ0) is 21.0. The van der Waals surface area contributed by atoms with Gasteiger partial charge >= 0.3 is 0 Å². The van der Waals surface area contributed by atoms with Crippen molar-refractivity contribution in [2.24, 2.45) is 4.99 Å². The molecule has 0 spiro atoms. The van der Waals surface area contributed by atoms with Crippen LogP contribution in [0, 0.1) is 0 Å². The summed E-state index contributed by atoms with van der Waals surface area (Å²) in [5.41, 5.74) is 0. The van der Waals surface area contributed by atoms with Gasteiger partial charge in [-0.1, -0.05) is 17.7 Å². The molecule has 0 saturated heterocycles. The van der Waals surface area contributed by atoms with Crippen LogP contribution in [0.2, 0.25) is 5.02 Å². The molecule has 0 atom stereocenters. The van der Waals surface area contributed by atoms with E-state index in [1.54, 1.807) is 18.4 Å². The van der Waals surface area contributed by atoms with E-state index in [4.69, 9.17) is 20.8 Å². The molecule has 1 heterocycles. The Kier molecular flexibility index (Phi) is 9.99. The molecule has 3 N–H and O–H groups in total. The number of aliphatic imine (C=N–C) groups is 1. The Balaban J connectivity index is 1.67. The molecule has 0 bridgehead atoms. The van der Waals surface area contributed by atoms with Crippen molar-refractivity contribution in [1.29, 1.82) is 0 Å². The molecule has 0 amide bonds. The van der Waals surface area contributed by atoms with Gasteiger partial charge in [-0.25, -0.2) is 13.1 Å². The van der Waals surface area contributed by atoms with E-state index in [0.29, 0.717) is 43.8 Å². The summed E-state index contributed by atoms with van der Waals surface area (Å²) < 4.78 is 37.7. The number of guanidine groups is 1. The molecule has 10 heteroatoms. The minimum Gasteiger partial charge on any atom is -0.467 e. The third kappa shape index (κ3) is 8.86. The number of rotatable bonds is 12. The second-order valence-electron chi connectivity index (χ2n) is 6.03. The number of ether oxygens (including phenoxy) is 1. The van der Waals surface area contributed by atoms with Crippen molar-refractivity contribution in [2.45, 2.75) is 24.8 Å². The fourth-order valence-corrected chi connectivity index (χ4v) is 3.68. The lowest BCUT2D eigenvalue weighted by Crippen LogP contribution is -2.41. The maximum absolute atomic E-state index is 12.2. The van der Waals surface area contributed by atoms with Crippen LogP contribution in [0.25, 0.3) is 0 Å². The van der Waals surface area contributed by atoms with E-state index >= 15 is 0 Å². The second kappa shape index (κ2) is 12.5. The summed E-state index contributed by atoms with van der Waals surface area (Å²) in [7, 11) is -3.60. The minimum atomic E-state index is -3.60. The molecule has 0 fully saturated rings. The SMILES string of the molecule is CCNC(=NCCCOCc1ccco1)NCCNS(=O)(=O)c1cccc(Cl)c1. The van der Waals surface area contributed by atoms with Crippen molar-refractivity contribution in [3.8, 4) is 0 Å². The van der Waals surface area contributed by atoms with E-state index in [1.165, 1.54) is 12.1 Å². The number of benzene rings is 1. The lowest BCUT2D eigenvalue weighted by atomic mass is 10.4. The second-order valence-corrected chi connectivity index (χ2v) is 8.23. The molecule has 0 radical (unpaired) electrons. The van der Waals surface area contributed by atoms with Crippen LogP contribution in [0.5, 0.6) is 0 Å². The zero-order valence-corrected chi connectivity index (χ0v) is 17.9. The highest BCUT2D eigenvalue weighted by molar-refractivity contribution is 7.89. The fourth-order valence-electron chi connectivity index (χ4n) is 2.35. The maximum atomic E-state index is 12.2. The monoisotopic (exact) mass is 442 g/mol. The van der Waals surface area contributed by atoms with Crippen molar-refractivity contribution in [3.05, 3.63) is 53.4 Å². The van der Waals surface area contributed by atoms with Gasteiger partial charge in [0, 0.05) is 37.8 Å². The summed E-state index contributed by atoms with van der Waals surface area (Å²) in [6.45, 7) is 4.87. The Bertz CT molecular complexity index is 857. The lowest BCUT2D eigenvalue weighted by molar-refractivity contribution is 0.105. The van der Waals surface area contributed by atoms with Gasteiger partial charge in [-0.15, -0.1) is 0 Å². The average molecular weight is 443 g/mol. The quantitative estimate of drug-likeness (QED) is 0.265. The van der Waals surface area contributed by atoms with E-state index in [-0.39, 0.29) is 11.4 Å². The molecule has 1 aromatic heterocycles. The summed E-state index contributed by atoms with van der Waals surface area (Å²) in [6.07, 6.45) is 2.38. The zero-order valence-electron chi connectivity index (χ0n) is 16.4. The molecule has 2 rings (SSSR count). The van der Waals surface area contributed by atoms with E-state index in [1.807, 2.05) is 19.1 Å². The van der Waals surface area contributed by atoms with Crippen molar-refractivity contribution < 1.29 is 17.6 Å². The van der Waals surface area contributed by atoms with Gasteiger partial charge in [0.1, 0.15) is 12.4 Å². The Morgan fingerprint density at radius 3 is 2.79 bits per heavy atom. The Labute approximate surface area is 176 Å². The summed E-state index contributed by atoms with van der Waals surface area (Å²) in [4.78, 5) is 4.59. The fraction of sp³-hybridized carbons (Fsp3) is 0.421. The molecular formula is C19H27ClN4O4S. The molecule has 0 saturated carbocycles. The van der Waals surface area contributed by atoms with Crippen molar-refractivity contribution in [2.75, 3.05) is 32.8 Å². The topological polar surface area (TPSA) is 105 Å². The first-order chi connectivity index (χ1) is 14.0. The molecule has 0 unspecified atom stereocenters. The van der Waals surface area contributed by atoms with Crippen LogP contribution in [0.15, 0.2) is 57.0 Å². The highest BCUT2D eigenvalue weighted by Crippen LogP contribution is 2.14. The molecule has 8 nitrogen and oxygen atoms in total. The van der Waals surface area contributed by atoms with Crippen LogP contribution < -0.4 is 15.4 Å². The third-order valence-corrected chi connectivity index (χ3v) is 5.40. The van der Waals surface area contributed by atoms with E-state index in [2.05, 4.69) is 20.3 Å². The van der Waals surface area contributed by atoms with Gasteiger partial charge < -0.3 is 19.8 Å². The van der Waals surface area contributed by atoms with Crippen LogP contribution in [0.1, 0.15) is 19.1 Å². The summed E-state index contributed by atoms with van der Waals surface area (Å²) in [6, 6.07) is 9.84. The van der Waals surface area contributed by atoms with Gasteiger partial charge in [-0.2, -0.15) is 0 Å². The number of hydrogen-bond acceptors (Lipinski definition) is 5. The Morgan fingerprint density at radius 1 is 1.21 bits per heavy atom. The van der Waals surface area contributed by atoms with E-state index in [0.717, 1.165) is 12.2 Å². The predicted molar refractivity (Wildman–Crippen MR) is 114 cm³/mol. The van der Waals surface area contributed by atoms with Gasteiger partial charge in [0.25, 0.3) is 0 Å². The van der Waals surface area contributed by atoms with Crippen LogP contribution in [-0.2, 0) is 21.4 Å². The van der Waals surface area contributed by atoms with Gasteiger partial charge in [0.05, 0.1) is 11.2 Å². The van der Waals surface area contributed by atoms with Crippen molar-refractivity contribution in [3.63, 3.8) is 0 Å². The predicted octanol–water partition coefficient (Wildman–Crippen LogP) is 2.37. The summed E-state index contributed by atoms with van der Waals surface area (Å²) in [5, 5.41) is 6.60. The molecule has 0 aliphatic heterocycles. The molecule has 29 heavy (non-hydrogen) atoms. The summed E-state index contributed by atoms with van der Waals surface area (Å²) in [5.74, 6) is 1.42. The third-order valence-electron chi connectivity index (χ3n) is 3.70. The van der Waals surface area contributed by atoms with E-state index in [9.17, 15) is 8.42 Å². The number of nitrogens with zero attached hydrogens (tertiary/aromatic N) is 1. The first-order valence-corrected chi connectivity index (χ1v) is 11.2. The number of halogens is 1. The van der Waals surface area contributed by atoms with Gasteiger partial charge in [0.15, 0.2) is 5.96 Å². The standard InChI is InChI=1S/C19H27ClN4O4S/c1-2-21-19(22-9-5-12-27-15-17-7-4-13-28-17)23-10-11-24-29(25,26)18-8-3-6-16(20)14-18/h3-4,6-8,13-14,24H,2,5,9-12,15H2,1H3,(H2,21,22,23). The summed E-state index contributed by atoms with van der Waals surface area (Å²) >= 11 is 5.85. The number of sulfonamides is 1. The molecular weight excluding hydrogens is 416 g/mol. The Morgan fingerprint density at radius 2 is 2.07 bits per heavy atom. The number of hydrogen-bond donors (Lipinski definition) is 3. The van der Waals surface area contributed by atoms with Gasteiger partial charge in [-0.3, -0.25) is 4.99 Å².